The number of benzene rings is 2. The lowest BCUT2D eigenvalue weighted by Crippen LogP contribution is -2.63. The van der Waals surface area contributed by atoms with Crippen LogP contribution in [0.5, 0.6) is 0 Å². The standard InChI is InChI=1S/C51H79N9O12/c1-11-12-15-32-17-19-33(20-18-32)34-21-23-35(24-22-34)43(62)56-37(25-27-55-49(68)72-51(8,9)10)44(63)58-39(31(4)69-28-30(2)3)46(65)60-42(53)47(66)57-36(45(64)59-41(52)40(61)38-29-70-38)16-13-14-26-54-48(67)71-50(5,6)7/h17-24,30-31,36-39,41-42H,11-16,25-29,52-53H2,1-10H3,(H,54,67)(H,55,68)(H,56,62)(H,57,66)(H,58,63)(H,59,64)(H,60,65)/t31-,36+,37+,38?,39+,41-,42-/m1/s1. The number of alkyl carbamates (subject to hydrolysis) is 2. The van der Waals surface area contributed by atoms with E-state index < -0.39 is 101 Å². The lowest BCUT2D eigenvalue weighted by Gasteiger charge is -2.29. The van der Waals surface area contributed by atoms with Gasteiger partial charge in [0.15, 0.2) is 6.17 Å². The first-order valence-corrected chi connectivity index (χ1v) is 24.7. The van der Waals surface area contributed by atoms with E-state index in [1.54, 1.807) is 65.8 Å². The number of ether oxygens (including phenoxy) is 4. The van der Waals surface area contributed by atoms with Crippen LogP contribution in [0.3, 0.4) is 0 Å². The largest absolute Gasteiger partial charge is 0.444 e. The maximum absolute atomic E-state index is 14.2. The van der Waals surface area contributed by atoms with Crippen molar-refractivity contribution >= 4 is 47.5 Å². The fourth-order valence-electron chi connectivity index (χ4n) is 6.85. The molecule has 11 N–H and O–H groups in total. The zero-order chi connectivity index (χ0) is 53.8. The van der Waals surface area contributed by atoms with Crippen LogP contribution < -0.4 is 48.7 Å². The van der Waals surface area contributed by atoms with Crippen molar-refractivity contribution in [3.63, 3.8) is 0 Å². The van der Waals surface area contributed by atoms with Crippen LogP contribution in [0.15, 0.2) is 48.5 Å². The minimum atomic E-state index is -1.79. The van der Waals surface area contributed by atoms with Gasteiger partial charge in [-0.2, -0.15) is 0 Å². The molecule has 0 saturated carbocycles. The zero-order valence-electron chi connectivity index (χ0n) is 43.6. The Morgan fingerprint density at radius 1 is 0.639 bits per heavy atom. The van der Waals surface area contributed by atoms with Crippen LogP contribution in [0.25, 0.3) is 11.1 Å². The summed E-state index contributed by atoms with van der Waals surface area (Å²) in [6, 6.07) is 10.9. The average Bonchev–Trinajstić information content (AvgIpc) is 4.15. The first-order valence-electron chi connectivity index (χ1n) is 24.7. The molecule has 21 heteroatoms. The summed E-state index contributed by atoms with van der Waals surface area (Å²) in [5.41, 5.74) is 13.9. The van der Waals surface area contributed by atoms with Gasteiger partial charge in [0.2, 0.25) is 23.5 Å². The van der Waals surface area contributed by atoms with Crippen molar-refractivity contribution < 1.29 is 57.3 Å². The number of nitrogens with one attached hydrogen (secondary N) is 7. The van der Waals surface area contributed by atoms with E-state index in [1.165, 1.54) is 12.5 Å². The van der Waals surface area contributed by atoms with Gasteiger partial charge in [0.1, 0.15) is 41.6 Å². The van der Waals surface area contributed by atoms with Crippen molar-refractivity contribution in [2.45, 2.75) is 168 Å². The van der Waals surface area contributed by atoms with Gasteiger partial charge in [0, 0.05) is 25.3 Å². The number of rotatable bonds is 28. The highest BCUT2D eigenvalue weighted by Crippen LogP contribution is 2.22. The monoisotopic (exact) mass is 1010 g/mol. The molecule has 1 aliphatic rings. The number of aryl methyl sites for hydroxylation is 1. The van der Waals surface area contributed by atoms with Gasteiger partial charge in [-0.15, -0.1) is 0 Å². The number of ketones is 1. The number of unbranched alkanes of at least 4 members (excludes halogenated alkanes) is 2. The van der Waals surface area contributed by atoms with Gasteiger partial charge in [-0.1, -0.05) is 63.6 Å². The number of epoxide rings is 1. The van der Waals surface area contributed by atoms with Gasteiger partial charge in [0.05, 0.1) is 12.7 Å². The molecule has 0 bridgehead atoms. The van der Waals surface area contributed by atoms with E-state index in [-0.39, 0.29) is 57.0 Å². The minimum Gasteiger partial charge on any atom is -0.444 e. The first-order chi connectivity index (χ1) is 33.8. The third kappa shape index (κ3) is 22.5. The van der Waals surface area contributed by atoms with Crippen molar-refractivity contribution in [1.82, 2.24) is 37.2 Å². The zero-order valence-corrected chi connectivity index (χ0v) is 43.6. The first kappa shape index (κ1) is 60.1. The topological polar surface area (TPSA) is 313 Å². The molecule has 1 heterocycles. The summed E-state index contributed by atoms with van der Waals surface area (Å²) in [6.07, 6.45) is -2.69. The van der Waals surface area contributed by atoms with Gasteiger partial charge in [0.25, 0.3) is 11.8 Å². The summed E-state index contributed by atoms with van der Waals surface area (Å²) in [6.45, 7) is 18.1. The number of carbonyl (C=O) groups excluding carboxylic acids is 8. The molecule has 3 rings (SSSR count). The Balaban J connectivity index is 1.80. The van der Waals surface area contributed by atoms with E-state index in [2.05, 4.69) is 56.3 Å². The number of carbonyl (C=O) groups is 8. The Morgan fingerprint density at radius 2 is 1.17 bits per heavy atom. The quantitative estimate of drug-likeness (QED) is 0.0336. The maximum Gasteiger partial charge on any atom is 0.407 e. The summed E-state index contributed by atoms with van der Waals surface area (Å²) in [5.74, 6) is -4.75. The fraction of sp³-hybridized carbons (Fsp3) is 0.608. The molecule has 0 aromatic heterocycles. The Hall–Kier alpha value is -6.16. The third-order valence-electron chi connectivity index (χ3n) is 10.8. The lowest BCUT2D eigenvalue weighted by molar-refractivity contribution is -0.137. The number of Topliss-reactive ketones (excluding diaryl/α,β-unsaturated/α-hetero) is 1. The van der Waals surface area contributed by atoms with Crippen LogP contribution in [0.1, 0.15) is 124 Å². The summed E-state index contributed by atoms with van der Waals surface area (Å²) >= 11 is 0. The van der Waals surface area contributed by atoms with Crippen molar-refractivity contribution in [2.24, 2.45) is 17.4 Å². The fourth-order valence-corrected chi connectivity index (χ4v) is 6.85. The highest BCUT2D eigenvalue weighted by atomic mass is 16.6. The molecule has 7 atom stereocenters. The van der Waals surface area contributed by atoms with Gasteiger partial charge in [-0.3, -0.25) is 28.8 Å². The Bertz CT molecular complexity index is 2120. The summed E-state index contributed by atoms with van der Waals surface area (Å²) in [7, 11) is 0. The smallest absolute Gasteiger partial charge is 0.407 e. The maximum atomic E-state index is 14.2. The summed E-state index contributed by atoms with van der Waals surface area (Å²) < 4.78 is 21.5. The van der Waals surface area contributed by atoms with E-state index >= 15 is 0 Å². The predicted molar refractivity (Wildman–Crippen MR) is 270 cm³/mol. The molecule has 21 nitrogen and oxygen atoms in total. The number of hydrogen-bond donors (Lipinski definition) is 9. The number of nitrogens with two attached hydrogens (primary N) is 2. The molecule has 1 unspecified atom stereocenters. The molecule has 72 heavy (non-hydrogen) atoms. The number of amides is 7. The molecule has 1 fully saturated rings. The molecule has 0 spiro atoms. The van der Waals surface area contributed by atoms with E-state index in [1.807, 2.05) is 26.0 Å². The summed E-state index contributed by atoms with van der Waals surface area (Å²) in [5, 5.41) is 17.9. The molecule has 7 amide bonds. The lowest BCUT2D eigenvalue weighted by atomic mass is 10.0. The van der Waals surface area contributed by atoms with Crippen LogP contribution >= 0.6 is 0 Å². The molecule has 0 aliphatic carbocycles. The molecule has 0 radical (unpaired) electrons. The highest BCUT2D eigenvalue weighted by Gasteiger charge is 2.37. The van der Waals surface area contributed by atoms with E-state index in [0.717, 1.165) is 30.4 Å². The van der Waals surface area contributed by atoms with Gasteiger partial charge < -0.3 is 67.6 Å². The van der Waals surface area contributed by atoms with Crippen molar-refractivity contribution in [3.8, 4) is 11.1 Å². The van der Waals surface area contributed by atoms with Crippen molar-refractivity contribution in [2.75, 3.05) is 26.3 Å². The second-order valence-electron chi connectivity index (χ2n) is 20.2. The molecule has 1 aliphatic heterocycles. The molecule has 2 aromatic carbocycles. The highest BCUT2D eigenvalue weighted by molar-refractivity contribution is 6.00. The van der Waals surface area contributed by atoms with Gasteiger partial charge in [-0.25, -0.2) is 9.59 Å². The molecule has 1 saturated heterocycles. The molecular formula is C51H79N9O12. The van der Waals surface area contributed by atoms with E-state index in [9.17, 15) is 38.4 Å². The average molecular weight is 1010 g/mol. The van der Waals surface area contributed by atoms with Crippen molar-refractivity contribution in [1.29, 1.82) is 0 Å². The van der Waals surface area contributed by atoms with Gasteiger partial charge in [-0.05, 0) is 122 Å². The van der Waals surface area contributed by atoms with E-state index in [0.29, 0.717) is 6.42 Å². The molecule has 2 aromatic rings. The second-order valence-corrected chi connectivity index (χ2v) is 20.2. The molecule has 400 valence electrons. The molecular weight excluding hydrogens is 931 g/mol. The van der Waals surface area contributed by atoms with Crippen molar-refractivity contribution in [3.05, 3.63) is 59.7 Å². The van der Waals surface area contributed by atoms with Gasteiger partial charge >= 0.3 is 12.2 Å². The van der Waals surface area contributed by atoms with Crippen LogP contribution in [0.4, 0.5) is 9.59 Å². The van der Waals surface area contributed by atoms with Crippen LogP contribution in [0, 0.1) is 5.92 Å². The minimum absolute atomic E-state index is 0.000848. The number of hydrogen-bond acceptors (Lipinski definition) is 14. The Kier molecular flexibility index (Phi) is 24.0. The SMILES string of the molecule is CCCCc1ccc(-c2ccc(C(=O)N[C@@H](CCNC(=O)OC(C)(C)C)C(=O)N[C@H](C(=O)N[C@@H](N)C(=O)N[C@@H](CCCCNC(=O)OC(C)(C)C)C(=O)N[C@@H](N)C(=O)C3CO3)[C@@H](C)OCC(C)C)cc2)cc1. The van der Waals surface area contributed by atoms with Crippen LogP contribution in [-0.2, 0) is 49.3 Å². The Morgan fingerprint density at radius 3 is 1.71 bits per heavy atom. The van der Waals surface area contributed by atoms with E-state index in [4.69, 9.17) is 30.4 Å². The second kappa shape index (κ2) is 28.8. The predicted octanol–water partition coefficient (Wildman–Crippen LogP) is 3.21. The van der Waals surface area contributed by atoms with Crippen LogP contribution in [-0.4, -0.2) is 128 Å². The summed E-state index contributed by atoms with van der Waals surface area (Å²) in [4.78, 5) is 106. The Labute approximate surface area is 423 Å². The van der Waals surface area contributed by atoms with Crippen LogP contribution in [0.2, 0.25) is 0 Å². The third-order valence-corrected chi connectivity index (χ3v) is 10.8. The normalized spacial score (nSPS) is 15.8.